The number of ether oxygens (including phenoxy) is 1. The highest BCUT2D eigenvalue weighted by Gasteiger charge is 2.34. The summed E-state index contributed by atoms with van der Waals surface area (Å²) in [4.78, 5) is 15.5. The van der Waals surface area contributed by atoms with Crippen molar-refractivity contribution in [3.8, 4) is 0 Å². The third-order valence-corrected chi connectivity index (χ3v) is 3.99. The van der Waals surface area contributed by atoms with E-state index in [9.17, 15) is 4.79 Å². The van der Waals surface area contributed by atoms with E-state index in [-0.39, 0.29) is 5.91 Å². The number of nitrogens with zero attached hydrogens (tertiary/aromatic N) is 1. The molecule has 1 aromatic heterocycles. The molecule has 0 spiro atoms. The van der Waals surface area contributed by atoms with E-state index in [1.807, 2.05) is 16.3 Å². The van der Waals surface area contributed by atoms with Gasteiger partial charge in [0.1, 0.15) is 0 Å². The molecule has 1 amide bonds. The fourth-order valence-electron chi connectivity index (χ4n) is 1.92. The molecule has 1 fully saturated rings. The van der Waals surface area contributed by atoms with Crippen molar-refractivity contribution in [2.75, 3.05) is 13.7 Å². The van der Waals surface area contributed by atoms with Crippen molar-refractivity contribution < 1.29 is 9.53 Å². The Kier molecular flexibility index (Phi) is 4.74. The molecule has 1 saturated carbocycles. The van der Waals surface area contributed by atoms with Crippen LogP contribution in [0.3, 0.4) is 0 Å². The minimum atomic E-state index is -0.439. The smallest absolute Gasteiger partial charge is 0.240 e. The van der Waals surface area contributed by atoms with Gasteiger partial charge in [0.25, 0.3) is 0 Å². The Balaban J connectivity index is 1.94. The molecular formula is C13H20N2O2S. The van der Waals surface area contributed by atoms with Crippen LogP contribution in [0.5, 0.6) is 0 Å². The van der Waals surface area contributed by atoms with Crippen molar-refractivity contribution in [2.45, 2.75) is 37.9 Å². The Labute approximate surface area is 112 Å². The van der Waals surface area contributed by atoms with Crippen LogP contribution in [0.1, 0.15) is 24.1 Å². The molecule has 1 aliphatic carbocycles. The molecule has 5 heteroatoms. The second kappa shape index (κ2) is 6.31. The molecule has 1 aliphatic rings. The maximum absolute atomic E-state index is 12.3. The zero-order chi connectivity index (χ0) is 13.0. The van der Waals surface area contributed by atoms with Crippen LogP contribution in [0, 0.1) is 0 Å². The van der Waals surface area contributed by atoms with E-state index >= 15 is 0 Å². The van der Waals surface area contributed by atoms with Gasteiger partial charge >= 0.3 is 0 Å². The Morgan fingerprint density at radius 2 is 2.44 bits per heavy atom. The molecule has 0 saturated heterocycles. The first kappa shape index (κ1) is 13.5. The van der Waals surface area contributed by atoms with E-state index < -0.39 is 6.04 Å². The van der Waals surface area contributed by atoms with Gasteiger partial charge in [-0.3, -0.25) is 4.79 Å². The lowest BCUT2D eigenvalue weighted by molar-refractivity contribution is -0.134. The van der Waals surface area contributed by atoms with Gasteiger partial charge in [-0.05, 0) is 30.7 Å². The average Bonchev–Trinajstić information content (AvgIpc) is 3.09. The van der Waals surface area contributed by atoms with E-state index in [2.05, 4.69) is 6.07 Å². The summed E-state index contributed by atoms with van der Waals surface area (Å²) in [7, 11) is 1.63. The molecule has 1 heterocycles. The number of hydrogen-bond donors (Lipinski definition) is 1. The number of amides is 1. The van der Waals surface area contributed by atoms with Gasteiger partial charge in [0.05, 0.1) is 12.6 Å². The third kappa shape index (κ3) is 3.54. The van der Waals surface area contributed by atoms with Crippen molar-refractivity contribution >= 4 is 17.2 Å². The molecule has 1 unspecified atom stereocenters. The average molecular weight is 268 g/mol. The molecule has 18 heavy (non-hydrogen) atoms. The van der Waals surface area contributed by atoms with E-state index in [4.69, 9.17) is 10.5 Å². The lowest BCUT2D eigenvalue weighted by Crippen LogP contribution is -2.44. The van der Waals surface area contributed by atoms with Gasteiger partial charge in [-0.2, -0.15) is 0 Å². The Bertz CT molecular complexity index is 376. The van der Waals surface area contributed by atoms with E-state index in [0.29, 0.717) is 25.6 Å². The number of nitrogens with two attached hydrogens (primary N) is 1. The lowest BCUT2D eigenvalue weighted by atomic mass is 10.2. The molecule has 0 bridgehead atoms. The van der Waals surface area contributed by atoms with Crippen LogP contribution in [0.4, 0.5) is 0 Å². The van der Waals surface area contributed by atoms with Gasteiger partial charge < -0.3 is 15.4 Å². The van der Waals surface area contributed by atoms with E-state index in [1.54, 1.807) is 18.4 Å². The normalized spacial score (nSPS) is 16.6. The quantitative estimate of drug-likeness (QED) is 0.817. The predicted molar refractivity (Wildman–Crippen MR) is 72.4 cm³/mol. The van der Waals surface area contributed by atoms with Gasteiger partial charge in [-0.1, -0.05) is 6.07 Å². The van der Waals surface area contributed by atoms with Crippen LogP contribution in [-0.2, 0) is 16.1 Å². The van der Waals surface area contributed by atoms with Gasteiger partial charge in [0.2, 0.25) is 5.91 Å². The zero-order valence-electron chi connectivity index (χ0n) is 10.7. The van der Waals surface area contributed by atoms with E-state index in [0.717, 1.165) is 12.8 Å². The summed E-state index contributed by atoms with van der Waals surface area (Å²) < 4.78 is 4.98. The Morgan fingerprint density at radius 1 is 1.67 bits per heavy atom. The highest BCUT2D eigenvalue weighted by Crippen LogP contribution is 2.29. The summed E-state index contributed by atoms with van der Waals surface area (Å²) in [6.07, 6.45) is 2.80. The number of carbonyl (C=O) groups excluding carboxylic acids is 1. The molecule has 2 rings (SSSR count). The Hall–Kier alpha value is -0.910. The zero-order valence-corrected chi connectivity index (χ0v) is 11.5. The topological polar surface area (TPSA) is 55.6 Å². The predicted octanol–water partition coefficient (Wildman–Crippen LogP) is 1.60. The minimum Gasteiger partial charge on any atom is -0.385 e. The molecule has 4 nitrogen and oxygen atoms in total. The Morgan fingerprint density at radius 3 is 3.00 bits per heavy atom. The highest BCUT2D eigenvalue weighted by atomic mass is 32.1. The first-order valence-electron chi connectivity index (χ1n) is 6.29. The van der Waals surface area contributed by atoms with Gasteiger partial charge in [-0.15, -0.1) is 11.3 Å². The first-order chi connectivity index (χ1) is 8.72. The van der Waals surface area contributed by atoms with Gasteiger partial charge in [0, 0.05) is 24.6 Å². The molecule has 1 atom stereocenters. The number of methoxy groups -OCH3 is 1. The van der Waals surface area contributed by atoms with Crippen LogP contribution in [0.25, 0.3) is 0 Å². The number of rotatable bonds is 7. The van der Waals surface area contributed by atoms with Crippen LogP contribution in [0.2, 0.25) is 0 Å². The van der Waals surface area contributed by atoms with Crippen LogP contribution in [-0.4, -0.2) is 36.6 Å². The second-order valence-corrected chi connectivity index (χ2v) is 5.70. The molecule has 0 radical (unpaired) electrons. The highest BCUT2D eigenvalue weighted by molar-refractivity contribution is 7.09. The third-order valence-electron chi connectivity index (χ3n) is 3.13. The summed E-state index contributed by atoms with van der Waals surface area (Å²) in [5.41, 5.74) is 5.93. The number of thiophene rings is 1. The van der Waals surface area contributed by atoms with Crippen molar-refractivity contribution in [1.29, 1.82) is 0 Å². The standard InChI is InChI=1S/C13H20N2O2S/c1-17-7-6-12(14)13(16)15(10-4-5-10)9-11-3-2-8-18-11/h2-3,8,10,12H,4-7,9,14H2,1H3. The van der Waals surface area contributed by atoms with Crippen molar-refractivity contribution in [1.82, 2.24) is 4.90 Å². The van der Waals surface area contributed by atoms with Crippen molar-refractivity contribution in [3.05, 3.63) is 22.4 Å². The van der Waals surface area contributed by atoms with Crippen LogP contribution in [0.15, 0.2) is 17.5 Å². The van der Waals surface area contributed by atoms with E-state index in [1.165, 1.54) is 4.88 Å². The van der Waals surface area contributed by atoms with Gasteiger partial charge in [0.15, 0.2) is 0 Å². The number of hydrogen-bond acceptors (Lipinski definition) is 4. The molecule has 100 valence electrons. The molecular weight excluding hydrogens is 248 g/mol. The maximum atomic E-state index is 12.3. The minimum absolute atomic E-state index is 0.0583. The monoisotopic (exact) mass is 268 g/mol. The molecule has 1 aromatic rings. The summed E-state index contributed by atoms with van der Waals surface area (Å²) >= 11 is 1.68. The fraction of sp³-hybridized carbons (Fsp3) is 0.615. The number of carbonyl (C=O) groups is 1. The maximum Gasteiger partial charge on any atom is 0.240 e. The van der Waals surface area contributed by atoms with Crippen molar-refractivity contribution in [2.24, 2.45) is 5.73 Å². The molecule has 2 N–H and O–H groups in total. The summed E-state index contributed by atoms with van der Waals surface area (Å²) in [6.45, 7) is 1.23. The first-order valence-corrected chi connectivity index (χ1v) is 7.17. The summed E-state index contributed by atoms with van der Waals surface area (Å²) in [5.74, 6) is 0.0583. The van der Waals surface area contributed by atoms with Crippen LogP contribution >= 0.6 is 11.3 Å². The lowest BCUT2D eigenvalue weighted by Gasteiger charge is -2.25. The summed E-state index contributed by atoms with van der Waals surface area (Å²) in [5, 5.41) is 2.04. The fourth-order valence-corrected chi connectivity index (χ4v) is 2.63. The molecule has 0 aliphatic heterocycles. The van der Waals surface area contributed by atoms with Crippen molar-refractivity contribution in [3.63, 3.8) is 0 Å². The second-order valence-electron chi connectivity index (χ2n) is 4.66. The largest absolute Gasteiger partial charge is 0.385 e. The van der Waals surface area contributed by atoms with Gasteiger partial charge in [-0.25, -0.2) is 0 Å². The van der Waals surface area contributed by atoms with Crippen LogP contribution < -0.4 is 5.73 Å². The summed E-state index contributed by atoms with van der Waals surface area (Å²) in [6, 6.07) is 4.03. The molecule has 0 aromatic carbocycles. The SMILES string of the molecule is COCCC(N)C(=O)N(Cc1cccs1)C1CC1.